The number of thiophene rings is 1. The lowest BCUT2D eigenvalue weighted by molar-refractivity contribution is 0.0544. The molecule has 20 heavy (non-hydrogen) atoms. The van der Waals surface area contributed by atoms with Gasteiger partial charge in [-0.05, 0) is 40.6 Å². The number of benzene rings is 1. The predicted octanol–water partition coefficient (Wildman–Crippen LogP) is 2.84. The van der Waals surface area contributed by atoms with E-state index in [1.807, 2.05) is 5.38 Å². The van der Waals surface area contributed by atoms with Gasteiger partial charge in [0.1, 0.15) is 0 Å². The first-order valence-electron chi connectivity index (χ1n) is 5.94. The summed E-state index contributed by atoms with van der Waals surface area (Å²) in [5, 5.41) is 13.7. The summed E-state index contributed by atoms with van der Waals surface area (Å²) >= 11 is 4.75. The summed E-state index contributed by atoms with van der Waals surface area (Å²) in [7, 11) is 0. The van der Waals surface area contributed by atoms with Crippen molar-refractivity contribution >= 4 is 39.1 Å². The number of carbonyl (C=O) groups excluding carboxylic acids is 2. The Morgan fingerprint density at radius 3 is 2.65 bits per heavy atom. The van der Waals surface area contributed by atoms with Gasteiger partial charge in [0.25, 0.3) is 11.8 Å². The van der Waals surface area contributed by atoms with Crippen LogP contribution in [0.1, 0.15) is 32.4 Å². The molecule has 0 fully saturated rings. The fourth-order valence-corrected chi connectivity index (χ4v) is 3.24. The molecule has 0 saturated heterocycles. The lowest BCUT2D eigenvalue weighted by Crippen LogP contribution is -2.33. The van der Waals surface area contributed by atoms with Crippen molar-refractivity contribution in [1.29, 1.82) is 0 Å². The van der Waals surface area contributed by atoms with E-state index in [1.54, 1.807) is 29.6 Å². The fourth-order valence-electron chi connectivity index (χ4n) is 2.17. The maximum absolute atomic E-state index is 12.2. The van der Waals surface area contributed by atoms with Crippen LogP contribution in [0, 0.1) is 0 Å². The van der Waals surface area contributed by atoms with Crippen molar-refractivity contribution in [3.63, 3.8) is 0 Å². The van der Waals surface area contributed by atoms with Crippen molar-refractivity contribution in [2.45, 2.75) is 6.10 Å². The molecule has 102 valence electrons. The quantitative estimate of drug-likeness (QED) is 0.865. The average molecular weight is 352 g/mol. The maximum Gasteiger partial charge on any atom is 0.261 e. The molecule has 4 nitrogen and oxygen atoms in total. The first kappa shape index (κ1) is 13.5. The summed E-state index contributed by atoms with van der Waals surface area (Å²) in [4.78, 5) is 25.5. The zero-order valence-electron chi connectivity index (χ0n) is 10.2. The first-order chi connectivity index (χ1) is 9.58. The normalized spacial score (nSPS) is 15.6. The summed E-state index contributed by atoms with van der Waals surface area (Å²) < 4.78 is 0.748. The molecule has 3 rings (SSSR count). The smallest absolute Gasteiger partial charge is 0.261 e. The Morgan fingerprint density at radius 1 is 1.20 bits per heavy atom. The number of β-amino-alcohol motifs (C(OH)–C–C–N with tert-alkyl or cyclic N) is 1. The van der Waals surface area contributed by atoms with Crippen molar-refractivity contribution < 1.29 is 14.7 Å². The largest absolute Gasteiger partial charge is 0.387 e. The highest BCUT2D eigenvalue weighted by molar-refractivity contribution is 9.10. The van der Waals surface area contributed by atoms with E-state index in [-0.39, 0.29) is 18.4 Å². The van der Waals surface area contributed by atoms with E-state index in [1.165, 1.54) is 11.3 Å². The number of nitrogens with zero attached hydrogens (tertiary/aromatic N) is 1. The summed E-state index contributed by atoms with van der Waals surface area (Å²) in [6.07, 6.45) is -0.855. The van der Waals surface area contributed by atoms with Gasteiger partial charge in [-0.3, -0.25) is 14.5 Å². The molecule has 1 aliphatic rings. The standard InChI is InChI=1S/C14H10BrNO3S/c15-9-1-2-10-11(5-9)14(19)16(13(10)18)6-12(17)8-3-4-20-7-8/h1-5,7,12,17H,6H2. The number of aliphatic hydroxyl groups excluding tert-OH is 1. The molecule has 1 aliphatic heterocycles. The number of imide groups is 1. The summed E-state index contributed by atoms with van der Waals surface area (Å²) in [5.41, 5.74) is 1.48. The zero-order chi connectivity index (χ0) is 14.3. The molecule has 0 radical (unpaired) electrons. The van der Waals surface area contributed by atoms with Crippen molar-refractivity contribution in [1.82, 2.24) is 4.90 Å². The highest BCUT2D eigenvalue weighted by Gasteiger charge is 2.36. The predicted molar refractivity (Wildman–Crippen MR) is 78.8 cm³/mol. The number of halogens is 1. The molecular weight excluding hydrogens is 342 g/mol. The SMILES string of the molecule is O=C1c2ccc(Br)cc2C(=O)N1CC(O)c1ccsc1. The van der Waals surface area contributed by atoms with Crippen LogP contribution >= 0.6 is 27.3 Å². The number of hydrogen-bond donors (Lipinski definition) is 1. The van der Waals surface area contributed by atoms with Crippen molar-refractivity contribution in [2.24, 2.45) is 0 Å². The molecule has 1 atom stereocenters. The van der Waals surface area contributed by atoms with Gasteiger partial charge in [-0.2, -0.15) is 11.3 Å². The lowest BCUT2D eigenvalue weighted by Gasteiger charge is -2.17. The summed E-state index contributed by atoms with van der Waals surface area (Å²) in [5.74, 6) is -0.715. The molecule has 0 spiro atoms. The second kappa shape index (κ2) is 5.12. The molecule has 0 bridgehead atoms. The average Bonchev–Trinajstić information content (AvgIpc) is 3.03. The van der Waals surface area contributed by atoms with E-state index in [4.69, 9.17) is 0 Å². The van der Waals surface area contributed by atoms with E-state index < -0.39 is 6.10 Å². The van der Waals surface area contributed by atoms with Crippen LogP contribution in [0.2, 0.25) is 0 Å². The molecule has 0 aliphatic carbocycles. The molecule has 2 amide bonds. The number of hydrogen-bond acceptors (Lipinski definition) is 4. The van der Waals surface area contributed by atoms with Gasteiger partial charge in [0, 0.05) is 4.47 Å². The Bertz CT molecular complexity index is 684. The molecule has 1 unspecified atom stereocenters. The molecule has 0 saturated carbocycles. The second-order valence-electron chi connectivity index (χ2n) is 4.48. The number of amides is 2. The first-order valence-corrected chi connectivity index (χ1v) is 7.67. The van der Waals surface area contributed by atoms with Crippen LogP contribution in [0.3, 0.4) is 0 Å². The Balaban J connectivity index is 1.86. The molecule has 1 aromatic heterocycles. The molecule has 2 heterocycles. The molecule has 1 aromatic carbocycles. The second-order valence-corrected chi connectivity index (χ2v) is 6.18. The minimum Gasteiger partial charge on any atom is -0.387 e. The van der Waals surface area contributed by atoms with Crippen LogP contribution in [0.25, 0.3) is 0 Å². The van der Waals surface area contributed by atoms with Gasteiger partial charge in [-0.15, -0.1) is 0 Å². The van der Waals surface area contributed by atoms with Gasteiger partial charge in [0.05, 0.1) is 23.8 Å². The molecule has 6 heteroatoms. The van der Waals surface area contributed by atoms with Gasteiger partial charge in [-0.1, -0.05) is 15.9 Å². The van der Waals surface area contributed by atoms with Gasteiger partial charge in [0.15, 0.2) is 0 Å². The summed E-state index contributed by atoms with van der Waals surface area (Å²) in [6, 6.07) is 6.76. The van der Waals surface area contributed by atoms with Crippen LogP contribution in [-0.2, 0) is 0 Å². The number of aliphatic hydroxyl groups is 1. The van der Waals surface area contributed by atoms with Crippen LogP contribution in [0.15, 0.2) is 39.5 Å². The Hall–Kier alpha value is -1.50. The van der Waals surface area contributed by atoms with Crippen LogP contribution < -0.4 is 0 Å². The monoisotopic (exact) mass is 351 g/mol. The van der Waals surface area contributed by atoms with E-state index in [2.05, 4.69) is 15.9 Å². The highest BCUT2D eigenvalue weighted by atomic mass is 79.9. The van der Waals surface area contributed by atoms with Gasteiger partial charge in [0.2, 0.25) is 0 Å². The Morgan fingerprint density at radius 2 is 1.95 bits per heavy atom. The fraction of sp³-hybridized carbons (Fsp3) is 0.143. The van der Waals surface area contributed by atoms with E-state index in [0.29, 0.717) is 16.7 Å². The third kappa shape index (κ3) is 2.19. The molecule has 1 N–H and O–H groups in total. The van der Waals surface area contributed by atoms with Crippen LogP contribution in [0.4, 0.5) is 0 Å². The van der Waals surface area contributed by atoms with Crippen LogP contribution in [-0.4, -0.2) is 28.4 Å². The summed E-state index contributed by atoms with van der Waals surface area (Å²) in [6.45, 7) is -0.0271. The number of rotatable bonds is 3. The van der Waals surface area contributed by atoms with Crippen LogP contribution in [0.5, 0.6) is 0 Å². The Labute approximate surface area is 127 Å². The lowest BCUT2D eigenvalue weighted by atomic mass is 10.1. The highest BCUT2D eigenvalue weighted by Crippen LogP contribution is 2.28. The van der Waals surface area contributed by atoms with Gasteiger partial charge in [-0.25, -0.2) is 0 Å². The van der Waals surface area contributed by atoms with E-state index >= 15 is 0 Å². The van der Waals surface area contributed by atoms with E-state index in [9.17, 15) is 14.7 Å². The zero-order valence-corrected chi connectivity index (χ0v) is 12.6. The maximum atomic E-state index is 12.2. The van der Waals surface area contributed by atoms with Crippen molar-refractivity contribution in [3.05, 3.63) is 56.2 Å². The third-order valence-corrected chi connectivity index (χ3v) is 4.41. The Kier molecular flexibility index (Phi) is 3.45. The van der Waals surface area contributed by atoms with E-state index in [0.717, 1.165) is 9.37 Å². The molecule has 2 aromatic rings. The number of carbonyl (C=O) groups is 2. The third-order valence-electron chi connectivity index (χ3n) is 3.22. The minimum absolute atomic E-state index is 0.0271. The number of fused-ring (bicyclic) bond motifs is 1. The topological polar surface area (TPSA) is 57.6 Å². The van der Waals surface area contributed by atoms with Gasteiger partial charge < -0.3 is 5.11 Å². The minimum atomic E-state index is -0.855. The van der Waals surface area contributed by atoms with Gasteiger partial charge >= 0.3 is 0 Å². The van der Waals surface area contributed by atoms with Crippen molar-refractivity contribution in [2.75, 3.05) is 6.54 Å². The molecular formula is C14H10BrNO3S. The van der Waals surface area contributed by atoms with Crippen molar-refractivity contribution in [3.8, 4) is 0 Å².